The lowest BCUT2D eigenvalue weighted by atomic mass is 10.3. The number of thiol groups is 1. The minimum Gasteiger partial charge on any atom is -0.481 e. The number of rotatable bonds is 9. The van der Waals surface area contributed by atoms with E-state index in [0.717, 1.165) is 0 Å². The van der Waals surface area contributed by atoms with Crippen LogP contribution in [0.25, 0.3) is 0 Å². The van der Waals surface area contributed by atoms with Crippen molar-refractivity contribution in [3.05, 3.63) is 46.6 Å². The second-order valence-electron chi connectivity index (χ2n) is 5.77. The van der Waals surface area contributed by atoms with Gasteiger partial charge in [-0.3, -0.25) is 4.79 Å². The molecule has 1 N–H and O–H groups in total. The van der Waals surface area contributed by atoms with E-state index in [2.05, 4.69) is 22.9 Å². The predicted molar refractivity (Wildman–Crippen MR) is 113 cm³/mol. The normalized spacial score (nSPS) is 12.6. The number of benzene rings is 1. The van der Waals surface area contributed by atoms with Crippen LogP contribution in [-0.4, -0.2) is 41.4 Å². The number of hydrogen-bond acceptors (Lipinski definition) is 7. The van der Waals surface area contributed by atoms with Gasteiger partial charge in [0.2, 0.25) is 5.88 Å². The summed E-state index contributed by atoms with van der Waals surface area (Å²) in [6.07, 6.45) is 0.584. The maximum atomic E-state index is 12.3. The molecule has 0 bridgehead atoms. The number of halogens is 2. The van der Waals surface area contributed by atoms with Gasteiger partial charge in [-0.1, -0.05) is 23.2 Å². The molecule has 1 aromatic heterocycles. The number of hydrogen-bond donors (Lipinski definition) is 2. The van der Waals surface area contributed by atoms with Crippen LogP contribution < -0.4 is 14.8 Å². The highest BCUT2D eigenvalue weighted by Crippen LogP contribution is 2.30. The molecule has 0 fully saturated rings. The Morgan fingerprint density at radius 2 is 1.86 bits per heavy atom. The van der Waals surface area contributed by atoms with E-state index in [1.165, 1.54) is 12.3 Å². The van der Waals surface area contributed by atoms with Crippen molar-refractivity contribution in [1.29, 1.82) is 0 Å². The van der Waals surface area contributed by atoms with E-state index in [0.29, 0.717) is 16.5 Å². The Balaban J connectivity index is 1.94. The molecule has 1 heterocycles. The molecule has 0 saturated carbocycles. The highest BCUT2D eigenvalue weighted by atomic mass is 35.5. The first-order chi connectivity index (χ1) is 13.8. The molecule has 0 radical (unpaired) electrons. The highest BCUT2D eigenvalue weighted by Gasteiger charge is 2.24. The van der Waals surface area contributed by atoms with E-state index in [1.54, 1.807) is 38.1 Å². The van der Waals surface area contributed by atoms with Gasteiger partial charge in [-0.2, -0.15) is 12.6 Å². The molecule has 7 nitrogen and oxygen atoms in total. The number of ether oxygens (including phenoxy) is 3. The van der Waals surface area contributed by atoms with Gasteiger partial charge in [0.15, 0.2) is 6.10 Å². The number of nitrogens with zero attached hydrogens (tertiary/aromatic N) is 1. The molecule has 29 heavy (non-hydrogen) atoms. The summed E-state index contributed by atoms with van der Waals surface area (Å²) in [6.45, 7) is 3.47. The van der Waals surface area contributed by atoms with Crippen LogP contribution in [0.5, 0.6) is 17.4 Å². The number of pyridine rings is 1. The first-order valence-electron chi connectivity index (χ1n) is 8.67. The van der Waals surface area contributed by atoms with E-state index in [4.69, 9.17) is 37.4 Å². The minimum absolute atomic E-state index is 0.116. The van der Waals surface area contributed by atoms with Crippen LogP contribution in [0.15, 0.2) is 36.5 Å². The van der Waals surface area contributed by atoms with Crippen molar-refractivity contribution >= 4 is 47.7 Å². The molecule has 10 heteroatoms. The average Bonchev–Trinajstić information content (AvgIpc) is 2.69. The van der Waals surface area contributed by atoms with E-state index >= 15 is 0 Å². The molecule has 0 aliphatic carbocycles. The Morgan fingerprint density at radius 1 is 1.21 bits per heavy atom. The third kappa shape index (κ3) is 6.99. The molecule has 2 aromatic rings. The fourth-order valence-electron chi connectivity index (χ4n) is 2.14. The quantitative estimate of drug-likeness (QED) is 0.437. The fraction of sp³-hybridized carbons (Fsp3) is 0.316. The Morgan fingerprint density at radius 3 is 2.45 bits per heavy atom. The Bertz CT molecular complexity index is 851. The summed E-state index contributed by atoms with van der Waals surface area (Å²) in [5.74, 6) is 0.241. The maximum absolute atomic E-state index is 12.3. The lowest BCUT2D eigenvalue weighted by molar-refractivity contribution is -0.147. The molecule has 2 atom stereocenters. The Kier molecular flexibility index (Phi) is 8.88. The summed E-state index contributed by atoms with van der Waals surface area (Å²) in [4.78, 5) is 28.0. The Hall–Kier alpha value is -2.16. The summed E-state index contributed by atoms with van der Waals surface area (Å²) < 4.78 is 16.1. The highest BCUT2D eigenvalue weighted by molar-refractivity contribution is 7.80. The summed E-state index contributed by atoms with van der Waals surface area (Å²) in [5, 5.41) is 3.24. The predicted octanol–water partition coefficient (Wildman–Crippen LogP) is 3.93. The Labute approximate surface area is 184 Å². The van der Waals surface area contributed by atoms with Gasteiger partial charge in [-0.25, -0.2) is 9.78 Å². The lowest BCUT2D eigenvalue weighted by Crippen LogP contribution is -2.47. The number of carbonyl (C=O) groups is 2. The minimum atomic E-state index is -0.843. The zero-order chi connectivity index (χ0) is 21.4. The van der Waals surface area contributed by atoms with Gasteiger partial charge in [0, 0.05) is 11.9 Å². The maximum Gasteiger partial charge on any atom is 0.329 e. The molecule has 2 rings (SSSR count). The van der Waals surface area contributed by atoms with Gasteiger partial charge in [0.25, 0.3) is 5.91 Å². The van der Waals surface area contributed by atoms with E-state index < -0.39 is 24.0 Å². The molecule has 1 unspecified atom stereocenters. The third-order valence-corrected chi connectivity index (χ3v) is 4.41. The van der Waals surface area contributed by atoms with Crippen LogP contribution in [0, 0.1) is 0 Å². The monoisotopic (exact) mass is 458 g/mol. The van der Waals surface area contributed by atoms with Gasteiger partial charge in [0.05, 0.1) is 11.6 Å². The summed E-state index contributed by atoms with van der Waals surface area (Å²) in [7, 11) is 0. The molecule has 1 aromatic carbocycles. The van der Waals surface area contributed by atoms with Crippen molar-refractivity contribution in [2.45, 2.75) is 26.0 Å². The van der Waals surface area contributed by atoms with E-state index in [1.807, 2.05) is 0 Å². The number of amides is 1. The van der Waals surface area contributed by atoms with Crippen LogP contribution in [0.2, 0.25) is 10.0 Å². The molecule has 0 aliphatic heterocycles. The molecule has 0 aliphatic rings. The van der Waals surface area contributed by atoms with Crippen molar-refractivity contribution in [2.24, 2.45) is 0 Å². The van der Waals surface area contributed by atoms with Gasteiger partial charge >= 0.3 is 5.97 Å². The van der Waals surface area contributed by atoms with Crippen molar-refractivity contribution in [1.82, 2.24) is 10.3 Å². The van der Waals surface area contributed by atoms with E-state index in [9.17, 15) is 9.59 Å². The van der Waals surface area contributed by atoms with Crippen molar-refractivity contribution in [3.63, 3.8) is 0 Å². The second kappa shape index (κ2) is 11.1. The third-order valence-electron chi connectivity index (χ3n) is 3.56. The van der Waals surface area contributed by atoms with Crippen LogP contribution in [0.3, 0.4) is 0 Å². The topological polar surface area (TPSA) is 86.8 Å². The smallest absolute Gasteiger partial charge is 0.329 e. The zero-order valence-electron chi connectivity index (χ0n) is 15.7. The molecule has 156 valence electrons. The van der Waals surface area contributed by atoms with Crippen LogP contribution >= 0.6 is 35.8 Å². The first kappa shape index (κ1) is 23.1. The summed E-state index contributed by atoms with van der Waals surface area (Å²) in [5.41, 5.74) is 0. The van der Waals surface area contributed by atoms with Gasteiger partial charge in [-0.05, 0) is 44.2 Å². The molecule has 0 spiro atoms. The van der Waals surface area contributed by atoms with Gasteiger partial charge < -0.3 is 19.5 Å². The number of carbonyl (C=O) groups excluding carboxylic acids is 2. The molecule has 1 amide bonds. The summed E-state index contributed by atoms with van der Waals surface area (Å²) >= 11 is 15.9. The van der Waals surface area contributed by atoms with Crippen LogP contribution in [0.1, 0.15) is 13.8 Å². The summed E-state index contributed by atoms with van der Waals surface area (Å²) in [6, 6.07) is 7.22. The molecular weight excluding hydrogens is 439 g/mol. The largest absolute Gasteiger partial charge is 0.481 e. The van der Waals surface area contributed by atoms with Gasteiger partial charge in [0.1, 0.15) is 22.6 Å². The van der Waals surface area contributed by atoms with Crippen LogP contribution in [-0.2, 0) is 14.3 Å². The second-order valence-corrected chi connectivity index (χ2v) is 6.98. The van der Waals surface area contributed by atoms with Crippen LogP contribution in [0.4, 0.5) is 0 Å². The van der Waals surface area contributed by atoms with Gasteiger partial charge in [-0.15, -0.1) is 0 Å². The molecular formula is C19H20Cl2N2O5S. The number of aromatic nitrogens is 1. The first-order valence-corrected chi connectivity index (χ1v) is 10.1. The molecule has 0 saturated heterocycles. The average molecular weight is 459 g/mol. The van der Waals surface area contributed by atoms with Crippen molar-refractivity contribution in [3.8, 4) is 17.4 Å². The standard InChI is InChI=1S/C19H20Cl2N2O5S/c1-3-26-19(25)16(10-29)23-17(24)11(2)27-13-4-6-14(7-5-13)28-18-15(21)8-12(20)9-22-18/h4-9,11,16,29H,3,10H2,1-2H3,(H,23,24)/t11?,16-/m0/s1. The number of nitrogens with one attached hydrogen (secondary N) is 1. The van der Waals surface area contributed by atoms with E-state index in [-0.39, 0.29) is 23.3 Å². The zero-order valence-corrected chi connectivity index (χ0v) is 18.1. The van der Waals surface area contributed by atoms with Crippen molar-refractivity contribution in [2.75, 3.05) is 12.4 Å². The fourth-order valence-corrected chi connectivity index (χ4v) is 2.80. The van der Waals surface area contributed by atoms with Crippen molar-refractivity contribution < 1.29 is 23.8 Å². The lowest BCUT2D eigenvalue weighted by Gasteiger charge is -2.19. The number of esters is 1. The SMILES string of the molecule is CCOC(=O)[C@H](CS)NC(=O)C(C)Oc1ccc(Oc2ncc(Cl)cc2Cl)cc1.